The Balaban J connectivity index is 1.48. The van der Waals surface area contributed by atoms with Crippen LogP contribution in [-0.2, 0) is 20.9 Å². The summed E-state index contributed by atoms with van der Waals surface area (Å²) < 4.78 is 21.4. The minimum atomic E-state index is -0.964. The first-order chi connectivity index (χ1) is 13.8. The van der Waals surface area contributed by atoms with Gasteiger partial charge in [-0.25, -0.2) is 4.79 Å². The normalized spacial score (nSPS) is 14.1. The monoisotopic (exact) mass is 419 g/mol. The van der Waals surface area contributed by atoms with E-state index >= 15 is 0 Å². The molecule has 8 heteroatoms. The van der Waals surface area contributed by atoms with Gasteiger partial charge in [0.1, 0.15) is 5.75 Å². The highest BCUT2D eigenvalue weighted by Crippen LogP contribution is 2.32. The first-order valence-corrected chi connectivity index (χ1v) is 9.51. The zero-order valence-electron chi connectivity index (χ0n) is 16.4. The maximum Gasteiger partial charge on any atom is 0.347 e. The summed E-state index contributed by atoms with van der Waals surface area (Å²) >= 11 is 5.92. The van der Waals surface area contributed by atoms with E-state index < -0.39 is 24.1 Å². The van der Waals surface area contributed by atoms with Crippen LogP contribution >= 0.6 is 11.6 Å². The van der Waals surface area contributed by atoms with E-state index in [0.29, 0.717) is 22.3 Å². The van der Waals surface area contributed by atoms with E-state index in [0.717, 1.165) is 11.1 Å². The Bertz CT molecular complexity index is 916. The summed E-state index contributed by atoms with van der Waals surface area (Å²) in [5.41, 5.74) is 1.64. The number of nitrogens with one attached hydrogen (secondary N) is 1. The standard InChI is InChI=1S/C21H22ClNO6/c1-12-8-16(22)5-7-17(12)28-14(3)21(25)29-13(2)20(24)23-10-15-4-6-18-19(9-15)27-11-26-18/h4-9,13-14H,10-11H2,1-3H3,(H,23,24). The van der Waals surface area contributed by atoms with Crippen LogP contribution in [0, 0.1) is 6.92 Å². The van der Waals surface area contributed by atoms with Crippen LogP contribution in [0.5, 0.6) is 17.2 Å². The van der Waals surface area contributed by atoms with E-state index in [2.05, 4.69) is 5.32 Å². The van der Waals surface area contributed by atoms with Gasteiger partial charge in [0.25, 0.3) is 5.91 Å². The van der Waals surface area contributed by atoms with Gasteiger partial charge in [0.2, 0.25) is 6.79 Å². The van der Waals surface area contributed by atoms with Crippen molar-refractivity contribution in [2.45, 2.75) is 39.5 Å². The van der Waals surface area contributed by atoms with Gasteiger partial charge in [-0.3, -0.25) is 4.79 Å². The molecule has 1 N–H and O–H groups in total. The molecular formula is C21H22ClNO6. The predicted molar refractivity (Wildman–Crippen MR) is 106 cm³/mol. The average Bonchev–Trinajstić information content (AvgIpc) is 3.15. The van der Waals surface area contributed by atoms with Gasteiger partial charge >= 0.3 is 5.97 Å². The van der Waals surface area contributed by atoms with Crippen LogP contribution in [0.15, 0.2) is 36.4 Å². The summed E-state index contributed by atoms with van der Waals surface area (Å²) in [5, 5.41) is 3.31. The van der Waals surface area contributed by atoms with Crippen molar-refractivity contribution in [1.82, 2.24) is 5.32 Å². The predicted octanol–water partition coefficient (Wildman–Crippen LogP) is 3.39. The van der Waals surface area contributed by atoms with Crippen molar-refractivity contribution in [3.63, 3.8) is 0 Å². The molecule has 0 saturated heterocycles. The number of aryl methyl sites for hydroxylation is 1. The average molecular weight is 420 g/mol. The van der Waals surface area contributed by atoms with Gasteiger partial charge in [-0.1, -0.05) is 17.7 Å². The molecule has 3 rings (SSSR count). The Labute approximate surface area is 173 Å². The third-order valence-corrected chi connectivity index (χ3v) is 4.57. The van der Waals surface area contributed by atoms with E-state index in [9.17, 15) is 9.59 Å². The Morgan fingerprint density at radius 3 is 2.62 bits per heavy atom. The van der Waals surface area contributed by atoms with E-state index in [1.165, 1.54) is 6.92 Å². The second kappa shape index (κ2) is 9.05. The maximum absolute atomic E-state index is 12.3. The molecule has 1 aliphatic heterocycles. The Morgan fingerprint density at radius 1 is 1.10 bits per heavy atom. The van der Waals surface area contributed by atoms with Crippen molar-refractivity contribution >= 4 is 23.5 Å². The third-order valence-electron chi connectivity index (χ3n) is 4.34. The van der Waals surface area contributed by atoms with Crippen molar-refractivity contribution in [2.75, 3.05) is 6.79 Å². The molecule has 0 saturated carbocycles. The quantitative estimate of drug-likeness (QED) is 0.692. The number of benzene rings is 2. The van der Waals surface area contributed by atoms with E-state index in [1.807, 2.05) is 13.0 Å². The summed E-state index contributed by atoms with van der Waals surface area (Å²) in [6.07, 6.45) is -1.84. The number of fused-ring (bicyclic) bond motifs is 1. The molecule has 0 fully saturated rings. The highest BCUT2D eigenvalue weighted by atomic mass is 35.5. The van der Waals surface area contributed by atoms with Gasteiger partial charge in [0.05, 0.1) is 0 Å². The molecule has 2 aromatic rings. The Morgan fingerprint density at radius 2 is 1.86 bits per heavy atom. The van der Waals surface area contributed by atoms with Gasteiger partial charge in [-0.05, 0) is 62.2 Å². The lowest BCUT2D eigenvalue weighted by Crippen LogP contribution is -2.38. The van der Waals surface area contributed by atoms with Crippen molar-refractivity contribution in [3.8, 4) is 17.2 Å². The van der Waals surface area contributed by atoms with Crippen LogP contribution in [0.4, 0.5) is 0 Å². The van der Waals surface area contributed by atoms with Crippen molar-refractivity contribution in [3.05, 3.63) is 52.5 Å². The number of hydrogen-bond donors (Lipinski definition) is 1. The van der Waals surface area contributed by atoms with Crippen molar-refractivity contribution < 1.29 is 28.5 Å². The molecule has 2 atom stereocenters. The fourth-order valence-electron chi connectivity index (χ4n) is 2.69. The molecule has 2 aromatic carbocycles. The highest BCUT2D eigenvalue weighted by Gasteiger charge is 2.24. The first kappa shape index (κ1) is 20.8. The lowest BCUT2D eigenvalue weighted by Gasteiger charge is -2.18. The molecule has 0 aliphatic carbocycles. The number of rotatable bonds is 7. The summed E-state index contributed by atoms with van der Waals surface area (Å²) in [6, 6.07) is 10.5. The minimum Gasteiger partial charge on any atom is -0.479 e. The van der Waals surface area contributed by atoms with E-state index in [4.69, 9.17) is 30.5 Å². The summed E-state index contributed by atoms with van der Waals surface area (Å²) in [6.45, 7) is 5.35. The zero-order chi connectivity index (χ0) is 21.0. The summed E-state index contributed by atoms with van der Waals surface area (Å²) in [4.78, 5) is 24.5. The van der Waals surface area contributed by atoms with Crippen LogP contribution in [0.25, 0.3) is 0 Å². The van der Waals surface area contributed by atoms with Crippen LogP contribution < -0.4 is 19.5 Å². The molecular weight excluding hydrogens is 398 g/mol. The highest BCUT2D eigenvalue weighted by molar-refractivity contribution is 6.30. The maximum atomic E-state index is 12.3. The van der Waals surface area contributed by atoms with Gasteiger partial charge in [0, 0.05) is 11.6 Å². The molecule has 154 valence electrons. The van der Waals surface area contributed by atoms with Gasteiger partial charge in [0.15, 0.2) is 23.7 Å². The number of esters is 1. The fourth-order valence-corrected chi connectivity index (χ4v) is 2.92. The van der Waals surface area contributed by atoms with Crippen LogP contribution in [-0.4, -0.2) is 30.9 Å². The van der Waals surface area contributed by atoms with Crippen LogP contribution in [0.1, 0.15) is 25.0 Å². The fraction of sp³-hybridized carbons (Fsp3) is 0.333. The van der Waals surface area contributed by atoms with Crippen molar-refractivity contribution in [1.29, 1.82) is 0 Å². The summed E-state index contributed by atoms with van der Waals surface area (Å²) in [5.74, 6) is 0.793. The molecule has 0 aromatic heterocycles. The lowest BCUT2D eigenvalue weighted by molar-refractivity contribution is -0.160. The molecule has 1 heterocycles. The third kappa shape index (κ3) is 5.32. The van der Waals surface area contributed by atoms with Crippen LogP contribution in [0.3, 0.4) is 0 Å². The van der Waals surface area contributed by atoms with E-state index in [-0.39, 0.29) is 13.3 Å². The van der Waals surface area contributed by atoms with E-state index in [1.54, 1.807) is 37.3 Å². The molecule has 2 unspecified atom stereocenters. The van der Waals surface area contributed by atoms with Crippen molar-refractivity contribution in [2.24, 2.45) is 0 Å². The molecule has 0 radical (unpaired) electrons. The SMILES string of the molecule is Cc1cc(Cl)ccc1OC(C)C(=O)OC(C)C(=O)NCc1ccc2c(c1)OCO2. The largest absolute Gasteiger partial charge is 0.479 e. The summed E-state index contributed by atoms with van der Waals surface area (Å²) in [7, 11) is 0. The lowest BCUT2D eigenvalue weighted by atomic mass is 10.2. The van der Waals surface area contributed by atoms with Gasteiger partial charge in [-0.2, -0.15) is 0 Å². The van der Waals surface area contributed by atoms with Gasteiger partial charge in [-0.15, -0.1) is 0 Å². The Hall–Kier alpha value is -2.93. The number of ether oxygens (including phenoxy) is 4. The van der Waals surface area contributed by atoms with Crippen LogP contribution in [0.2, 0.25) is 5.02 Å². The smallest absolute Gasteiger partial charge is 0.347 e. The first-order valence-electron chi connectivity index (χ1n) is 9.13. The molecule has 7 nitrogen and oxygen atoms in total. The van der Waals surface area contributed by atoms with Gasteiger partial charge < -0.3 is 24.3 Å². The number of carbonyl (C=O) groups is 2. The second-order valence-electron chi connectivity index (χ2n) is 6.65. The molecule has 1 amide bonds. The Kier molecular flexibility index (Phi) is 6.49. The topological polar surface area (TPSA) is 83.1 Å². The number of halogens is 1. The molecule has 29 heavy (non-hydrogen) atoms. The molecule has 1 aliphatic rings. The molecule has 0 bridgehead atoms. The molecule has 0 spiro atoms. The second-order valence-corrected chi connectivity index (χ2v) is 7.09. The number of amides is 1. The number of carbonyl (C=O) groups excluding carboxylic acids is 2. The number of hydrogen-bond acceptors (Lipinski definition) is 6. The zero-order valence-corrected chi connectivity index (χ0v) is 17.1. The minimum absolute atomic E-state index is 0.188.